The van der Waals surface area contributed by atoms with E-state index < -0.39 is 0 Å². The van der Waals surface area contributed by atoms with Gasteiger partial charge in [0.15, 0.2) is 0 Å². The van der Waals surface area contributed by atoms with E-state index in [4.69, 9.17) is 4.74 Å². The first-order valence-corrected chi connectivity index (χ1v) is 7.73. The fraction of sp³-hybridized carbons (Fsp3) is 0.353. The first-order chi connectivity index (χ1) is 11.3. The van der Waals surface area contributed by atoms with Gasteiger partial charge in [0.2, 0.25) is 11.9 Å². The molecule has 6 heteroatoms. The average molecular weight is 312 g/mol. The molecule has 3 rings (SSSR count). The zero-order valence-corrected chi connectivity index (χ0v) is 13.1. The van der Waals surface area contributed by atoms with Gasteiger partial charge in [0.25, 0.3) is 0 Å². The fourth-order valence-corrected chi connectivity index (χ4v) is 2.75. The number of anilines is 2. The molecule has 0 aliphatic carbocycles. The van der Waals surface area contributed by atoms with Gasteiger partial charge in [-0.05, 0) is 43.2 Å². The van der Waals surface area contributed by atoms with Gasteiger partial charge in [-0.2, -0.15) is 0 Å². The molecule has 0 bridgehead atoms. The number of aromatic nitrogens is 2. The molecule has 1 aliphatic rings. The van der Waals surface area contributed by atoms with Crippen LogP contribution < -0.4 is 15.0 Å². The summed E-state index contributed by atoms with van der Waals surface area (Å²) in [5.41, 5.74) is 0.781. The summed E-state index contributed by atoms with van der Waals surface area (Å²) in [6.07, 6.45) is 5.29. The van der Waals surface area contributed by atoms with Gasteiger partial charge in [-0.3, -0.25) is 4.79 Å². The third kappa shape index (κ3) is 3.77. The monoisotopic (exact) mass is 312 g/mol. The summed E-state index contributed by atoms with van der Waals surface area (Å²) in [7, 11) is 1.62. The number of carbonyl (C=O) groups excluding carboxylic acids is 1. The van der Waals surface area contributed by atoms with Gasteiger partial charge in [-0.25, -0.2) is 9.97 Å². The number of methoxy groups -OCH3 is 1. The number of nitrogens with one attached hydrogen (secondary N) is 1. The lowest BCUT2D eigenvalue weighted by Crippen LogP contribution is -2.41. The molecule has 23 heavy (non-hydrogen) atoms. The van der Waals surface area contributed by atoms with E-state index in [0.29, 0.717) is 12.5 Å². The Labute approximate surface area is 135 Å². The Balaban J connectivity index is 1.62. The maximum absolute atomic E-state index is 12.5. The second kappa shape index (κ2) is 7.09. The molecule has 0 spiro atoms. The molecule has 1 saturated heterocycles. The molecule has 1 aromatic heterocycles. The number of hydrogen-bond donors (Lipinski definition) is 1. The fourth-order valence-electron chi connectivity index (χ4n) is 2.75. The second-order valence-corrected chi connectivity index (χ2v) is 5.55. The highest BCUT2D eigenvalue weighted by Crippen LogP contribution is 2.22. The Hall–Kier alpha value is -2.63. The van der Waals surface area contributed by atoms with Crippen LogP contribution in [0.5, 0.6) is 5.75 Å². The van der Waals surface area contributed by atoms with E-state index in [1.54, 1.807) is 25.6 Å². The van der Waals surface area contributed by atoms with Crippen molar-refractivity contribution in [2.24, 2.45) is 5.92 Å². The number of nitrogens with zero attached hydrogens (tertiary/aromatic N) is 3. The van der Waals surface area contributed by atoms with Gasteiger partial charge in [0.05, 0.1) is 13.0 Å². The highest BCUT2D eigenvalue weighted by Gasteiger charge is 2.27. The Morgan fingerprint density at radius 3 is 2.70 bits per heavy atom. The molecular weight excluding hydrogens is 292 g/mol. The van der Waals surface area contributed by atoms with Crippen molar-refractivity contribution in [1.82, 2.24) is 9.97 Å². The molecular formula is C17H20N4O2. The maximum Gasteiger partial charge on any atom is 0.229 e. The molecule has 0 radical (unpaired) electrons. The van der Waals surface area contributed by atoms with Crippen LogP contribution in [-0.4, -0.2) is 36.1 Å². The van der Waals surface area contributed by atoms with Crippen LogP contribution >= 0.6 is 0 Å². The summed E-state index contributed by atoms with van der Waals surface area (Å²) in [6.45, 7) is 1.53. The lowest BCUT2D eigenvalue weighted by Gasteiger charge is -2.31. The van der Waals surface area contributed by atoms with Gasteiger partial charge in [-0.15, -0.1) is 0 Å². The van der Waals surface area contributed by atoms with Gasteiger partial charge < -0.3 is 15.0 Å². The van der Waals surface area contributed by atoms with Gasteiger partial charge in [0, 0.05) is 31.2 Å². The van der Waals surface area contributed by atoms with Gasteiger partial charge >= 0.3 is 0 Å². The molecule has 1 atom stereocenters. The average Bonchev–Trinajstić information content (AvgIpc) is 2.63. The van der Waals surface area contributed by atoms with Crippen LogP contribution in [0.25, 0.3) is 0 Å². The lowest BCUT2D eigenvalue weighted by molar-refractivity contribution is -0.120. The van der Waals surface area contributed by atoms with Gasteiger partial charge in [0.1, 0.15) is 5.75 Å². The molecule has 2 aromatic rings. The molecule has 0 saturated carbocycles. The molecule has 0 unspecified atom stereocenters. The highest BCUT2D eigenvalue weighted by atomic mass is 16.5. The maximum atomic E-state index is 12.5. The standard InChI is InChI=1S/C17H20N4O2/c1-23-15-7-5-14(6-8-15)20-16(22)13-4-2-11-21(12-13)17-18-9-3-10-19-17/h3,5-10,13H,2,4,11-12H2,1H3,(H,20,22)/t13-/m1/s1. The summed E-state index contributed by atoms with van der Waals surface area (Å²) < 4.78 is 5.12. The number of piperidine rings is 1. The van der Waals surface area contributed by atoms with E-state index >= 15 is 0 Å². The minimum absolute atomic E-state index is 0.0378. The lowest BCUT2D eigenvalue weighted by atomic mass is 9.97. The number of carbonyl (C=O) groups is 1. The SMILES string of the molecule is COc1ccc(NC(=O)[C@@H]2CCCN(c3ncccn3)C2)cc1. The Morgan fingerprint density at radius 2 is 2.00 bits per heavy atom. The number of ether oxygens (including phenoxy) is 1. The van der Waals surface area contributed by atoms with Crippen molar-refractivity contribution >= 4 is 17.5 Å². The van der Waals surface area contributed by atoms with Crippen LogP contribution in [0.1, 0.15) is 12.8 Å². The third-order valence-electron chi connectivity index (χ3n) is 3.98. The highest BCUT2D eigenvalue weighted by molar-refractivity contribution is 5.93. The largest absolute Gasteiger partial charge is 0.497 e. The molecule has 1 aliphatic heterocycles. The minimum atomic E-state index is -0.0605. The van der Waals surface area contributed by atoms with Crippen LogP contribution in [0, 0.1) is 5.92 Å². The Morgan fingerprint density at radius 1 is 1.26 bits per heavy atom. The van der Waals surface area contributed by atoms with Crippen LogP contribution in [0.15, 0.2) is 42.7 Å². The number of amides is 1. The van der Waals surface area contributed by atoms with E-state index in [1.807, 2.05) is 24.3 Å². The topological polar surface area (TPSA) is 67.3 Å². The normalized spacial score (nSPS) is 17.6. The number of hydrogen-bond acceptors (Lipinski definition) is 5. The van der Waals surface area contributed by atoms with Crippen molar-refractivity contribution in [2.75, 3.05) is 30.4 Å². The second-order valence-electron chi connectivity index (χ2n) is 5.55. The van der Waals surface area contributed by atoms with Gasteiger partial charge in [-0.1, -0.05) is 0 Å². The molecule has 1 fully saturated rings. The summed E-state index contributed by atoms with van der Waals surface area (Å²) in [5, 5.41) is 2.97. The van der Waals surface area contributed by atoms with E-state index in [2.05, 4.69) is 20.2 Å². The molecule has 1 N–H and O–H groups in total. The third-order valence-corrected chi connectivity index (χ3v) is 3.98. The smallest absolute Gasteiger partial charge is 0.229 e. The molecule has 120 valence electrons. The summed E-state index contributed by atoms with van der Waals surface area (Å²) in [4.78, 5) is 23.1. The van der Waals surface area contributed by atoms with Crippen molar-refractivity contribution in [3.8, 4) is 5.75 Å². The first kappa shape index (κ1) is 15.3. The summed E-state index contributed by atoms with van der Waals surface area (Å²) >= 11 is 0. The summed E-state index contributed by atoms with van der Waals surface area (Å²) in [5.74, 6) is 1.44. The van der Waals surface area contributed by atoms with Crippen molar-refractivity contribution in [3.05, 3.63) is 42.7 Å². The van der Waals surface area contributed by atoms with Crippen LogP contribution in [0.3, 0.4) is 0 Å². The van der Waals surface area contributed by atoms with Crippen LogP contribution in [0.2, 0.25) is 0 Å². The molecule has 6 nitrogen and oxygen atoms in total. The molecule has 1 amide bonds. The Kier molecular flexibility index (Phi) is 4.71. The number of rotatable bonds is 4. The van der Waals surface area contributed by atoms with Crippen LogP contribution in [0.4, 0.5) is 11.6 Å². The summed E-state index contributed by atoms with van der Waals surface area (Å²) in [6, 6.07) is 9.15. The van der Waals surface area contributed by atoms with E-state index in [1.165, 1.54) is 0 Å². The number of benzene rings is 1. The van der Waals surface area contributed by atoms with Crippen molar-refractivity contribution in [1.29, 1.82) is 0 Å². The van der Waals surface area contributed by atoms with E-state index in [9.17, 15) is 4.79 Å². The zero-order valence-electron chi connectivity index (χ0n) is 13.1. The van der Waals surface area contributed by atoms with E-state index in [-0.39, 0.29) is 11.8 Å². The first-order valence-electron chi connectivity index (χ1n) is 7.73. The predicted octanol–water partition coefficient (Wildman–Crippen LogP) is 2.34. The zero-order chi connectivity index (χ0) is 16.1. The van der Waals surface area contributed by atoms with Crippen LogP contribution in [-0.2, 0) is 4.79 Å². The van der Waals surface area contributed by atoms with E-state index in [0.717, 1.165) is 30.8 Å². The Bertz CT molecular complexity index is 645. The quantitative estimate of drug-likeness (QED) is 0.938. The molecule has 1 aromatic carbocycles. The predicted molar refractivity (Wildman–Crippen MR) is 88.6 cm³/mol. The molecule has 2 heterocycles. The van der Waals surface area contributed by atoms with Crippen molar-refractivity contribution in [3.63, 3.8) is 0 Å². The van der Waals surface area contributed by atoms with Crippen molar-refractivity contribution in [2.45, 2.75) is 12.8 Å². The van der Waals surface area contributed by atoms with Crippen molar-refractivity contribution < 1.29 is 9.53 Å². The minimum Gasteiger partial charge on any atom is -0.497 e.